The molecule has 0 spiro atoms. The molecule has 2 heterocycles. The van der Waals surface area contributed by atoms with Gasteiger partial charge in [-0.3, -0.25) is 9.69 Å². The van der Waals surface area contributed by atoms with Crippen molar-refractivity contribution in [2.24, 2.45) is 0 Å². The maximum Gasteiger partial charge on any atom is 0.355 e. The van der Waals surface area contributed by atoms with Gasteiger partial charge in [0.1, 0.15) is 14.9 Å². The summed E-state index contributed by atoms with van der Waals surface area (Å²) in [4.78, 5) is 27.7. The van der Waals surface area contributed by atoms with E-state index in [2.05, 4.69) is 0 Å². The molecule has 0 N–H and O–H groups in total. The number of carbonyl (C=O) groups excluding carboxylic acids is 2. The van der Waals surface area contributed by atoms with Gasteiger partial charge in [-0.1, -0.05) is 65.4 Å². The molecule has 33 heavy (non-hydrogen) atoms. The zero-order chi connectivity index (χ0) is 23.5. The first-order valence-corrected chi connectivity index (χ1v) is 12.6. The fourth-order valence-electron chi connectivity index (χ4n) is 3.17. The third kappa shape index (κ3) is 5.42. The van der Waals surface area contributed by atoms with Crippen LogP contribution in [-0.4, -0.2) is 41.4 Å². The molecule has 0 bridgehead atoms. The minimum atomic E-state index is -0.540. The Bertz CT molecular complexity index is 1270. The Morgan fingerprint density at radius 2 is 1.94 bits per heavy atom. The molecule has 3 aromatic rings. The van der Waals surface area contributed by atoms with Gasteiger partial charge in [0, 0.05) is 35.4 Å². The third-order valence-electron chi connectivity index (χ3n) is 4.77. The minimum Gasteiger partial charge on any atom is -0.422 e. The Hall–Kier alpha value is -1.94. The van der Waals surface area contributed by atoms with Crippen LogP contribution >= 0.6 is 58.5 Å². The molecule has 0 atom stereocenters. The average Bonchev–Trinajstić information content (AvgIpc) is 3.25. The van der Waals surface area contributed by atoms with Gasteiger partial charge in [-0.25, -0.2) is 4.79 Å². The number of halogens is 2. The van der Waals surface area contributed by atoms with Crippen LogP contribution in [0.5, 0.6) is 5.75 Å². The van der Waals surface area contributed by atoms with Gasteiger partial charge in [-0.05, 0) is 42.3 Å². The summed E-state index contributed by atoms with van der Waals surface area (Å²) in [5.41, 5.74) is 0.793. The first-order valence-electron chi connectivity index (χ1n) is 9.81. The van der Waals surface area contributed by atoms with Crippen molar-refractivity contribution in [1.29, 1.82) is 0 Å². The molecule has 1 fully saturated rings. The fourth-order valence-corrected chi connectivity index (χ4v) is 6.14. The lowest BCUT2D eigenvalue weighted by Gasteiger charge is -2.13. The molecule has 0 saturated carbocycles. The van der Waals surface area contributed by atoms with Crippen LogP contribution in [0.1, 0.15) is 21.7 Å². The number of amides is 1. The van der Waals surface area contributed by atoms with E-state index in [0.29, 0.717) is 49.5 Å². The number of carbonyl (C=O) groups is 2. The quantitative estimate of drug-likeness (QED) is 0.110. The highest BCUT2D eigenvalue weighted by molar-refractivity contribution is 8.26. The predicted molar refractivity (Wildman–Crippen MR) is 140 cm³/mol. The number of hydrogen-bond donors (Lipinski definition) is 0. The van der Waals surface area contributed by atoms with E-state index in [1.165, 1.54) is 23.1 Å². The summed E-state index contributed by atoms with van der Waals surface area (Å²) in [6, 6.07) is 12.1. The van der Waals surface area contributed by atoms with E-state index >= 15 is 0 Å². The van der Waals surface area contributed by atoms with Gasteiger partial charge in [0.05, 0.1) is 9.93 Å². The smallest absolute Gasteiger partial charge is 0.355 e. The van der Waals surface area contributed by atoms with Crippen molar-refractivity contribution >= 4 is 90.9 Å². The summed E-state index contributed by atoms with van der Waals surface area (Å²) < 4.78 is 11.9. The van der Waals surface area contributed by atoms with Gasteiger partial charge < -0.3 is 9.47 Å². The van der Waals surface area contributed by atoms with Gasteiger partial charge in [0.25, 0.3) is 5.91 Å². The van der Waals surface area contributed by atoms with E-state index in [9.17, 15) is 9.59 Å². The molecule has 1 saturated heterocycles. The normalized spacial score (nSPS) is 15.1. The predicted octanol–water partition coefficient (Wildman–Crippen LogP) is 6.67. The molecule has 10 heteroatoms. The average molecular weight is 538 g/mol. The molecule has 4 rings (SSSR count). The largest absolute Gasteiger partial charge is 0.422 e. The maximum absolute atomic E-state index is 12.7. The number of esters is 1. The molecule has 1 aliphatic heterocycles. The van der Waals surface area contributed by atoms with Crippen molar-refractivity contribution in [3.8, 4) is 5.75 Å². The minimum absolute atomic E-state index is 0.115. The van der Waals surface area contributed by atoms with Crippen LogP contribution in [0.2, 0.25) is 10.0 Å². The van der Waals surface area contributed by atoms with Crippen LogP contribution < -0.4 is 4.74 Å². The molecule has 1 aromatic heterocycles. The number of fused-ring (bicyclic) bond motifs is 1. The second kappa shape index (κ2) is 10.5. The number of methoxy groups -OCH3 is 1. The number of rotatable bonds is 7. The van der Waals surface area contributed by atoms with Gasteiger partial charge in [-0.15, -0.1) is 11.3 Å². The SMILES string of the molecule is COCCCN1C(=O)/C(=C\c2ccc(OC(=O)c3sc4cc(Cl)ccc4c3Cl)cc2)SC1=S. The first-order chi connectivity index (χ1) is 15.9. The van der Waals surface area contributed by atoms with Crippen LogP contribution in [0.4, 0.5) is 0 Å². The van der Waals surface area contributed by atoms with Crippen LogP contribution in [0.15, 0.2) is 47.4 Å². The Morgan fingerprint density at radius 3 is 2.67 bits per heavy atom. The van der Waals surface area contributed by atoms with Crippen molar-refractivity contribution in [2.75, 3.05) is 20.3 Å². The molecule has 1 amide bonds. The molecule has 0 radical (unpaired) electrons. The molecule has 170 valence electrons. The molecule has 1 aliphatic rings. The van der Waals surface area contributed by atoms with E-state index in [1.807, 2.05) is 0 Å². The molecule has 0 unspecified atom stereocenters. The lowest BCUT2D eigenvalue weighted by atomic mass is 10.2. The molecular formula is C23H17Cl2NO4S3. The topological polar surface area (TPSA) is 55.8 Å². The monoisotopic (exact) mass is 537 g/mol. The lowest BCUT2D eigenvalue weighted by Crippen LogP contribution is -2.29. The van der Waals surface area contributed by atoms with E-state index in [4.69, 9.17) is 44.9 Å². The zero-order valence-electron chi connectivity index (χ0n) is 17.3. The number of benzene rings is 2. The van der Waals surface area contributed by atoms with Gasteiger partial charge in [-0.2, -0.15) is 0 Å². The highest BCUT2D eigenvalue weighted by atomic mass is 35.5. The summed E-state index contributed by atoms with van der Waals surface area (Å²) in [7, 11) is 1.62. The zero-order valence-corrected chi connectivity index (χ0v) is 21.3. The summed E-state index contributed by atoms with van der Waals surface area (Å²) in [5, 5.41) is 1.68. The third-order valence-corrected chi connectivity index (χ3v) is 8.02. The fraction of sp³-hybridized carbons (Fsp3) is 0.174. The molecule has 2 aromatic carbocycles. The molecule has 5 nitrogen and oxygen atoms in total. The Kier molecular flexibility index (Phi) is 7.73. The maximum atomic E-state index is 12.7. The van der Waals surface area contributed by atoms with Gasteiger partial charge in [0.2, 0.25) is 0 Å². The standard InChI is InChI=1S/C23H17Cl2NO4S3/c1-29-10-2-9-26-21(27)18(33-23(26)31)11-13-3-6-15(7-4-13)30-22(28)20-19(25)16-8-5-14(24)12-17(16)32-20/h3-8,11-12H,2,9-10H2,1H3/b18-11+. The number of thiophene rings is 1. The number of ether oxygens (including phenoxy) is 2. The molecular weight excluding hydrogens is 521 g/mol. The Balaban J connectivity index is 1.45. The van der Waals surface area contributed by atoms with E-state index in [0.717, 1.165) is 15.6 Å². The number of nitrogens with zero attached hydrogens (tertiary/aromatic N) is 1. The van der Waals surface area contributed by atoms with Crippen molar-refractivity contribution < 1.29 is 19.1 Å². The van der Waals surface area contributed by atoms with Crippen molar-refractivity contribution in [1.82, 2.24) is 4.90 Å². The highest BCUT2D eigenvalue weighted by Gasteiger charge is 2.31. The van der Waals surface area contributed by atoms with Crippen molar-refractivity contribution in [3.05, 3.63) is 67.9 Å². The Labute approximate surface area is 214 Å². The summed E-state index contributed by atoms with van der Waals surface area (Å²) >= 11 is 20.2. The van der Waals surface area contributed by atoms with E-state index < -0.39 is 5.97 Å². The van der Waals surface area contributed by atoms with Crippen LogP contribution in [0.3, 0.4) is 0 Å². The van der Waals surface area contributed by atoms with Crippen LogP contribution in [0, 0.1) is 0 Å². The van der Waals surface area contributed by atoms with Gasteiger partial charge >= 0.3 is 5.97 Å². The second-order valence-electron chi connectivity index (χ2n) is 7.02. The van der Waals surface area contributed by atoms with Crippen LogP contribution in [0.25, 0.3) is 16.2 Å². The number of thioether (sulfide) groups is 1. The number of hydrogen-bond acceptors (Lipinski definition) is 7. The van der Waals surface area contributed by atoms with E-state index in [-0.39, 0.29) is 5.91 Å². The lowest BCUT2D eigenvalue weighted by molar-refractivity contribution is -0.122. The van der Waals surface area contributed by atoms with Crippen LogP contribution in [-0.2, 0) is 9.53 Å². The summed E-state index contributed by atoms with van der Waals surface area (Å²) in [5.74, 6) is -0.283. The van der Waals surface area contributed by atoms with Crippen molar-refractivity contribution in [2.45, 2.75) is 6.42 Å². The van der Waals surface area contributed by atoms with Gasteiger partial charge in [0.15, 0.2) is 0 Å². The Morgan fingerprint density at radius 1 is 1.18 bits per heavy atom. The second-order valence-corrected chi connectivity index (χ2v) is 10.6. The molecule has 0 aliphatic carbocycles. The number of thiocarbonyl (C=S) groups is 1. The summed E-state index contributed by atoms with van der Waals surface area (Å²) in [6.07, 6.45) is 2.49. The highest BCUT2D eigenvalue weighted by Crippen LogP contribution is 2.37. The first kappa shape index (κ1) is 24.2. The van der Waals surface area contributed by atoms with Crippen molar-refractivity contribution in [3.63, 3.8) is 0 Å². The summed E-state index contributed by atoms with van der Waals surface area (Å²) in [6.45, 7) is 1.09. The van der Waals surface area contributed by atoms with E-state index in [1.54, 1.807) is 60.6 Å².